The Bertz CT molecular complexity index is 1670. The van der Waals surface area contributed by atoms with Crippen LogP contribution in [0.2, 0.25) is 0 Å². The number of carbonyl (C=O) groups excluding carboxylic acids is 3. The molecule has 0 N–H and O–H groups in total. The number of rotatable bonds is 57. The molecule has 442 valence electrons. The molecule has 0 aromatic rings. The number of esters is 3. The van der Waals surface area contributed by atoms with Crippen molar-refractivity contribution in [3.05, 3.63) is 134 Å². The molecule has 0 radical (unpaired) electrons. The van der Waals surface area contributed by atoms with Crippen molar-refractivity contribution in [2.45, 2.75) is 290 Å². The van der Waals surface area contributed by atoms with Gasteiger partial charge >= 0.3 is 17.9 Å². The lowest BCUT2D eigenvalue weighted by atomic mass is 10.0. The molecule has 0 aromatic carbocycles. The molecule has 0 aliphatic rings. The maximum Gasteiger partial charge on any atom is 0.306 e. The Labute approximate surface area is 481 Å². The number of carbonyl (C=O) groups is 3. The standard InChI is InChI=1S/C72H118O6/c1-4-7-10-13-16-19-21-23-25-27-29-31-32-33-34-35-36-37-38-39-40-42-43-45-47-49-51-53-56-59-62-65-71(74)77-68-69(67-76-70(73)64-61-58-55-18-15-12-9-6-3)78-72(75)66-63-60-57-54-52-50-48-46-44-41-30-28-26-24-22-20-17-14-11-8-5-2/h7-8,10-11,16-17,19-20,23-26,29-31,33-34,36-37,41,46,48,69H,4-6,9,12-15,18,21-22,27-28,32,35,38-40,42-45,47,49-68H2,1-3H3/b10-7-,11-8-,19-16-,20-17-,25-23-,26-24-,31-29-,34-33-,37-36-,41-30-,48-46-. The summed E-state index contributed by atoms with van der Waals surface area (Å²) in [5, 5.41) is 0. The third-order valence-electron chi connectivity index (χ3n) is 13.4. The van der Waals surface area contributed by atoms with Gasteiger partial charge in [0.15, 0.2) is 6.10 Å². The van der Waals surface area contributed by atoms with Crippen LogP contribution in [0.1, 0.15) is 284 Å². The SMILES string of the molecule is CC/C=C\C/C=C\C/C=C\C/C=C\C/C=C\C/C=C\CCCCCCCCCCCCCCC(=O)OCC(COC(=O)CCCCCCCCCC)OC(=O)CCCCCCC/C=C\C/C=C\C/C=C\C/C=C\C/C=C\CC. The lowest BCUT2D eigenvalue weighted by Gasteiger charge is -2.18. The van der Waals surface area contributed by atoms with Crippen LogP contribution < -0.4 is 0 Å². The number of hydrogen-bond acceptors (Lipinski definition) is 6. The van der Waals surface area contributed by atoms with Gasteiger partial charge in [0.2, 0.25) is 0 Å². The summed E-state index contributed by atoms with van der Waals surface area (Å²) in [6.45, 7) is 6.37. The van der Waals surface area contributed by atoms with Crippen LogP contribution in [-0.4, -0.2) is 37.2 Å². The molecule has 0 aliphatic carbocycles. The van der Waals surface area contributed by atoms with Crippen molar-refractivity contribution in [1.29, 1.82) is 0 Å². The molecule has 6 nitrogen and oxygen atoms in total. The summed E-state index contributed by atoms with van der Waals surface area (Å²) >= 11 is 0. The fraction of sp³-hybridized carbons (Fsp3) is 0.653. The summed E-state index contributed by atoms with van der Waals surface area (Å²) in [7, 11) is 0. The highest BCUT2D eigenvalue weighted by molar-refractivity contribution is 5.71. The normalized spacial score (nSPS) is 13.0. The van der Waals surface area contributed by atoms with Gasteiger partial charge in [-0.3, -0.25) is 14.4 Å². The Morgan fingerprint density at radius 3 is 0.782 bits per heavy atom. The second kappa shape index (κ2) is 65.1. The van der Waals surface area contributed by atoms with E-state index in [0.29, 0.717) is 19.3 Å². The summed E-state index contributed by atoms with van der Waals surface area (Å²) in [6.07, 6.45) is 91.9. The summed E-state index contributed by atoms with van der Waals surface area (Å²) in [5.41, 5.74) is 0. The van der Waals surface area contributed by atoms with E-state index in [9.17, 15) is 14.4 Å². The van der Waals surface area contributed by atoms with E-state index in [1.165, 1.54) is 96.3 Å². The van der Waals surface area contributed by atoms with Crippen molar-refractivity contribution in [1.82, 2.24) is 0 Å². The fourth-order valence-corrected chi connectivity index (χ4v) is 8.65. The van der Waals surface area contributed by atoms with Crippen molar-refractivity contribution >= 4 is 17.9 Å². The quantitative estimate of drug-likeness (QED) is 0.0261. The van der Waals surface area contributed by atoms with Gasteiger partial charge < -0.3 is 14.2 Å². The Hall–Kier alpha value is -4.45. The maximum absolute atomic E-state index is 12.9. The summed E-state index contributed by atoms with van der Waals surface area (Å²) in [5.74, 6) is -0.911. The molecule has 78 heavy (non-hydrogen) atoms. The largest absolute Gasteiger partial charge is 0.462 e. The summed E-state index contributed by atoms with van der Waals surface area (Å²) < 4.78 is 16.8. The monoisotopic (exact) mass is 1080 g/mol. The molecule has 0 saturated heterocycles. The first-order valence-electron chi connectivity index (χ1n) is 32.2. The Morgan fingerprint density at radius 1 is 0.269 bits per heavy atom. The van der Waals surface area contributed by atoms with Crippen LogP contribution in [0.4, 0.5) is 0 Å². The Kier molecular flexibility index (Phi) is 61.4. The number of unbranched alkanes of at least 4 members (excludes halogenated alkanes) is 24. The van der Waals surface area contributed by atoms with Gasteiger partial charge in [-0.25, -0.2) is 0 Å². The van der Waals surface area contributed by atoms with Crippen LogP contribution in [-0.2, 0) is 28.6 Å². The van der Waals surface area contributed by atoms with Crippen molar-refractivity contribution in [2.75, 3.05) is 13.2 Å². The van der Waals surface area contributed by atoms with Gasteiger partial charge in [-0.2, -0.15) is 0 Å². The van der Waals surface area contributed by atoms with E-state index in [1.54, 1.807) is 0 Å². The zero-order chi connectivity index (χ0) is 56.4. The molecule has 0 aromatic heterocycles. The molecular formula is C72H118O6. The fourth-order valence-electron chi connectivity index (χ4n) is 8.65. The van der Waals surface area contributed by atoms with E-state index < -0.39 is 6.10 Å². The van der Waals surface area contributed by atoms with Crippen LogP contribution in [0.15, 0.2) is 134 Å². The van der Waals surface area contributed by atoms with Crippen molar-refractivity contribution < 1.29 is 28.6 Å². The Morgan fingerprint density at radius 2 is 0.500 bits per heavy atom. The second-order valence-electron chi connectivity index (χ2n) is 20.9. The lowest BCUT2D eigenvalue weighted by molar-refractivity contribution is -0.167. The molecule has 1 unspecified atom stereocenters. The van der Waals surface area contributed by atoms with Crippen LogP contribution in [0.3, 0.4) is 0 Å². The highest BCUT2D eigenvalue weighted by Crippen LogP contribution is 2.15. The number of allylic oxidation sites excluding steroid dienone is 22. The van der Waals surface area contributed by atoms with Crippen LogP contribution in [0.5, 0.6) is 0 Å². The van der Waals surface area contributed by atoms with Crippen LogP contribution >= 0.6 is 0 Å². The average Bonchev–Trinajstić information content (AvgIpc) is 3.44. The third kappa shape index (κ3) is 62.4. The molecule has 1 atom stereocenters. The van der Waals surface area contributed by atoms with E-state index in [2.05, 4.69) is 154 Å². The van der Waals surface area contributed by atoms with Crippen LogP contribution in [0.25, 0.3) is 0 Å². The van der Waals surface area contributed by atoms with Gasteiger partial charge in [-0.05, 0) is 116 Å². The second-order valence-corrected chi connectivity index (χ2v) is 20.9. The molecule has 0 bridgehead atoms. The topological polar surface area (TPSA) is 78.9 Å². The summed E-state index contributed by atoms with van der Waals surface area (Å²) in [4.78, 5) is 38.1. The van der Waals surface area contributed by atoms with Crippen molar-refractivity contribution in [3.63, 3.8) is 0 Å². The molecule has 0 aliphatic heterocycles. The van der Waals surface area contributed by atoms with Gasteiger partial charge in [-0.15, -0.1) is 0 Å². The third-order valence-corrected chi connectivity index (χ3v) is 13.4. The molecule has 0 spiro atoms. The molecule has 0 rings (SSSR count). The first-order chi connectivity index (χ1) is 38.5. The average molecular weight is 1080 g/mol. The lowest BCUT2D eigenvalue weighted by Crippen LogP contribution is -2.30. The van der Waals surface area contributed by atoms with Crippen molar-refractivity contribution in [2.24, 2.45) is 0 Å². The molecule has 0 fully saturated rings. The molecule has 0 heterocycles. The van der Waals surface area contributed by atoms with Gasteiger partial charge in [0.1, 0.15) is 13.2 Å². The minimum absolute atomic E-state index is 0.0876. The maximum atomic E-state index is 12.9. The van der Waals surface area contributed by atoms with Gasteiger partial charge in [0, 0.05) is 19.3 Å². The zero-order valence-corrected chi connectivity index (χ0v) is 50.6. The zero-order valence-electron chi connectivity index (χ0n) is 50.6. The smallest absolute Gasteiger partial charge is 0.306 e. The minimum atomic E-state index is -0.791. The van der Waals surface area contributed by atoms with E-state index in [4.69, 9.17) is 14.2 Å². The van der Waals surface area contributed by atoms with E-state index in [-0.39, 0.29) is 31.1 Å². The molecule has 0 amide bonds. The van der Waals surface area contributed by atoms with Gasteiger partial charge in [0.25, 0.3) is 0 Å². The highest BCUT2D eigenvalue weighted by Gasteiger charge is 2.19. The number of hydrogen-bond donors (Lipinski definition) is 0. The first kappa shape index (κ1) is 73.5. The molecule has 0 saturated carbocycles. The first-order valence-corrected chi connectivity index (χ1v) is 32.2. The summed E-state index contributed by atoms with van der Waals surface area (Å²) in [6, 6.07) is 0. The van der Waals surface area contributed by atoms with Gasteiger partial charge in [0.05, 0.1) is 0 Å². The van der Waals surface area contributed by atoms with E-state index in [0.717, 1.165) is 148 Å². The molecular weight excluding hydrogens is 961 g/mol. The predicted octanol–water partition coefficient (Wildman–Crippen LogP) is 22.2. The van der Waals surface area contributed by atoms with Crippen LogP contribution in [0, 0.1) is 0 Å². The van der Waals surface area contributed by atoms with E-state index in [1.807, 2.05) is 0 Å². The van der Waals surface area contributed by atoms with E-state index >= 15 is 0 Å². The Balaban J connectivity index is 4.20. The van der Waals surface area contributed by atoms with Gasteiger partial charge in [-0.1, -0.05) is 283 Å². The predicted molar refractivity (Wildman–Crippen MR) is 339 cm³/mol. The molecule has 6 heteroatoms. The highest BCUT2D eigenvalue weighted by atomic mass is 16.6. The number of ether oxygens (including phenoxy) is 3. The minimum Gasteiger partial charge on any atom is -0.462 e. The van der Waals surface area contributed by atoms with Crippen molar-refractivity contribution in [3.8, 4) is 0 Å².